The van der Waals surface area contributed by atoms with Crippen LogP contribution in [0, 0.1) is 11.6 Å². The zero-order valence-electron chi connectivity index (χ0n) is 15.4. The second kappa shape index (κ2) is 8.92. The van der Waals surface area contributed by atoms with E-state index >= 15 is 0 Å². The first kappa shape index (κ1) is 19.9. The van der Waals surface area contributed by atoms with Crippen molar-refractivity contribution in [2.75, 3.05) is 17.2 Å². The van der Waals surface area contributed by atoms with Gasteiger partial charge in [-0.3, -0.25) is 9.78 Å². The van der Waals surface area contributed by atoms with E-state index in [0.29, 0.717) is 29.6 Å². The molecule has 2 aromatic carbocycles. The lowest BCUT2D eigenvalue weighted by Gasteiger charge is -2.10. The van der Waals surface area contributed by atoms with Gasteiger partial charge in [0, 0.05) is 23.6 Å². The molecule has 2 N–H and O–H groups in total. The molecule has 0 saturated heterocycles. The number of carbonyl (C=O) groups is 2. The number of hydrogen-bond acceptors (Lipinski definition) is 5. The standard InChI is InChI=1S/C21H17F2N3O3/c1-2-29-21(28)13-3-6-15(7-4-13)25-16-9-10-24-19(12-16)20(27)26-18-8-5-14(22)11-17(18)23/h3-12H,2H2,1H3,(H,24,25)(H,26,27). The molecule has 29 heavy (non-hydrogen) atoms. The molecule has 8 heteroatoms. The number of benzene rings is 2. The Morgan fingerprint density at radius 1 is 1.00 bits per heavy atom. The summed E-state index contributed by atoms with van der Waals surface area (Å²) >= 11 is 0. The summed E-state index contributed by atoms with van der Waals surface area (Å²) in [4.78, 5) is 28.0. The molecule has 0 aliphatic rings. The Morgan fingerprint density at radius 3 is 2.45 bits per heavy atom. The molecule has 0 unspecified atom stereocenters. The number of ether oxygens (including phenoxy) is 1. The van der Waals surface area contributed by atoms with Gasteiger partial charge in [-0.05, 0) is 55.5 Å². The summed E-state index contributed by atoms with van der Waals surface area (Å²) in [7, 11) is 0. The summed E-state index contributed by atoms with van der Waals surface area (Å²) in [6.45, 7) is 2.03. The first-order valence-corrected chi connectivity index (χ1v) is 8.73. The zero-order valence-corrected chi connectivity index (χ0v) is 15.4. The SMILES string of the molecule is CCOC(=O)c1ccc(Nc2ccnc(C(=O)Nc3ccc(F)cc3F)c2)cc1. The van der Waals surface area contributed by atoms with Gasteiger partial charge in [0.2, 0.25) is 0 Å². The maximum atomic E-state index is 13.7. The van der Waals surface area contributed by atoms with Crippen LogP contribution in [0.15, 0.2) is 60.8 Å². The van der Waals surface area contributed by atoms with Crippen molar-refractivity contribution in [2.45, 2.75) is 6.92 Å². The third kappa shape index (κ3) is 5.13. The van der Waals surface area contributed by atoms with Gasteiger partial charge in [0.1, 0.15) is 17.3 Å². The van der Waals surface area contributed by atoms with E-state index in [9.17, 15) is 18.4 Å². The zero-order chi connectivity index (χ0) is 20.8. The van der Waals surface area contributed by atoms with Gasteiger partial charge >= 0.3 is 5.97 Å². The molecule has 0 bridgehead atoms. The second-order valence-corrected chi connectivity index (χ2v) is 5.93. The van der Waals surface area contributed by atoms with Crippen molar-refractivity contribution in [2.24, 2.45) is 0 Å². The van der Waals surface area contributed by atoms with Crippen molar-refractivity contribution in [1.82, 2.24) is 4.98 Å². The third-order valence-corrected chi connectivity index (χ3v) is 3.86. The molecular weight excluding hydrogens is 380 g/mol. The Kier molecular flexibility index (Phi) is 6.13. The summed E-state index contributed by atoms with van der Waals surface area (Å²) in [6, 6.07) is 12.6. The number of aromatic nitrogens is 1. The number of nitrogens with one attached hydrogen (secondary N) is 2. The Morgan fingerprint density at radius 2 is 1.76 bits per heavy atom. The maximum Gasteiger partial charge on any atom is 0.338 e. The van der Waals surface area contributed by atoms with E-state index in [-0.39, 0.29) is 11.4 Å². The molecule has 1 amide bonds. The van der Waals surface area contributed by atoms with Gasteiger partial charge in [0.15, 0.2) is 0 Å². The molecule has 1 heterocycles. The molecule has 0 aliphatic heterocycles. The van der Waals surface area contributed by atoms with Crippen LogP contribution in [0.5, 0.6) is 0 Å². The van der Waals surface area contributed by atoms with E-state index in [1.165, 1.54) is 12.3 Å². The Labute approximate surface area is 165 Å². The minimum absolute atomic E-state index is 0.0434. The number of hydrogen-bond donors (Lipinski definition) is 2. The molecule has 0 aliphatic carbocycles. The fourth-order valence-corrected chi connectivity index (χ4v) is 2.48. The topological polar surface area (TPSA) is 80.3 Å². The van der Waals surface area contributed by atoms with Crippen molar-refractivity contribution in [3.05, 3.63) is 83.7 Å². The molecule has 0 spiro atoms. The first-order valence-electron chi connectivity index (χ1n) is 8.73. The summed E-state index contributed by atoms with van der Waals surface area (Å²) < 4.78 is 31.6. The Balaban J connectivity index is 1.70. The van der Waals surface area contributed by atoms with Gasteiger partial charge in [-0.25, -0.2) is 13.6 Å². The molecule has 3 aromatic rings. The van der Waals surface area contributed by atoms with Crippen LogP contribution in [0.25, 0.3) is 0 Å². The van der Waals surface area contributed by atoms with Crippen molar-refractivity contribution >= 4 is 28.9 Å². The number of halogens is 2. The predicted molar refractivity (Wildman–Crippen MR) is 104 cm³/mol. The van der Waals surface area contributed by atoms with E-state index in [1.807, 2.05) is 0 Å². The highest BCUT2D eigenvalue weighted by Gasteiger charge is 2.12. The summed E-state index contributed by atoms with van der Waals surface area (Å²) in [5.41, 5.74) is 1.57. The molecule has 0 atom stereocenters. The highest BCUT2D eigenvalue weighted by Crippen LogP contribution is 2.19. The normalized spacial score (nSPS) is 10.3. The fraction of sp³-hybridized carbons (Fsp3) is 0.0952. The van der Waals surface area contributed by atoms with Gasteiger partial charge in [-0.1, -0.05) is 0 Å². The van der Waals surface area contributed by atoms with Crippen LogP contribution >= 0.6 is 0 Å². The highest BCUT2D eigenvalue weighted by molar-refractivity contribution is 6.03. The average molecular weight is 397 g/mol. The Bertz CT molecular complexity index is 1040. The molecule has 1 aromatic heterocycles. The number of amides is 1. The molecule has 0 radical (unpaired) electrons. The minimum Gasteiger partial charge on any atom is -0.462 e. The van der Waals surface area contributed by atoms with Gasteiger partial charge in [-0.15, -0.1) is 0 Å². The molecule has 6 nitrogen and oxygen atoms in total. The minimum atomic E-state index is -0.880. The van der Waals surface area contributed by atoms with Gasteiger partial charge < -0.3 is 15.4 Å². The number of pyridine rings is 1. The van der Waals surface area contributed by atoms with Crippen LogP contribution in [0.4, 0.5) is 25.8 Å². The maximum absolute atomic E-state index is 13.7. The van der Waals surface area contributed by atoms with Crippen molar-refractivity contribution in [3.8, 4) is 0 Å². The lowest BCUT2D eigenvalue weighted by molar-refractivity contribution is 0.0526. The van der Waals surface area contributed by atoms with E-state index in [0.717, 1.165) is 12.1 Å². The molecule has 0 saturated carbocycles. The number of anilines is 3. The summed E-state index contributed by atoms with van der Waals surface area (Å²) in [5.74, 6) is -2.67. The summed E-state index contributed by atoms with van der Waals surface area (Å²) in [5, 5.41) is 5.44. The average Bonchev–Trinajstić information content (AvgIpc) is 2.71. The third-order valence-electron chi connectivity index (χ3n) is 3.86. The lowest BCUT2D eigenvalue weighted by Crippen LogP contribution is -2.15. The van der Waals surface area contributed by atoms with Gasteiger partial charge in [0.05, 0.1) is 17.9 Å². The number of carbonyl (C=O) groups excluding carboxylic acids is 2. The number of esters is 1. The van der Waals surface area contributed by atoms with E-state index < -0.39 is 23.5 Å². The highest BCUT2D eigenvalue weighted by atomic mass is 19.1. The van der Waals surface area contributed by atoms with Gasteiger partial charge in [0.25, 0.3) is 5.91 Å². The largest absolute Gasteiger partial charge is 0.462 e. The van der Waals surface area contributed by atoms with Crippen molar-refractivity contribution < 1.29 is 23.1 Å². The quantitative estimate of drug-likeness (QED) is 0.598. The van der Waals surface area contributed by atoms with Crippen LogP contribution in [0.1, 0.15) is 27.8 Å². The predicted octanol–water partition coefficient (Wildman–Crippen LogP) is 4.53. The van der Waals surface area contributed by atoms with Crippen LogP contribution in [0.2, 0.25) is 0 Å². The smallest absolute Gasteiger partial charge is 0.338 e. The fourth-order valence-electron chi connectivity index (χ4n) is 2.48. The van der Waals surface area contributed by atoms with Crippen LogP contribution in [0.3, 0.4) is 0 Å². The molecule has 0 fully saturated rings. The summed E-state index contributed by atoms with van der Waals surface area (Å²) in [6.07, 6.45) is 1.42. The number of rotatable bonds is 6. The number of nitrogens with zero attached hydrogens (tertiary/aromatic N) is 1. The molecule has 148 valence electrons. The Hall–Kier alpha value is -3.81. The van der Waals surface area contributed by atoms with Crippen molar-refractivity contribution in [3.63, 3.8) is 0 Å². The second-order valence-electron chi connectivity index (χ2n) is 5.93. The first-order chi connectivity index (χ1) is 14.0. The van der Waals surface area contributed by atoms with E-state index in [1.54, 1.807) is 37.3 Å². The lowest BCUT2D eigenvalue weighted by atomic mass is 10.2. The van der Waals surface area contributed by atoms with Gasteiger partial charge in [-0.2, -0.15) is 0 Å². The van der Waals surface area contributed by atoms with Crippen LogP contribution in [-0.2, 0) is 4.74 Å². The molecule has 3 rings (SSSR count). The van der Waals surface area contributed by atoms with Crippen LogP contribution in [-0.4, -0.2) is 23.5 Å². The van der Waals surface area contributed by atoms with Crippen molar-refractivity contribution in [1.29, 1.82) is 0 Å². The monoisotopic (exact) mass is 397 g/mol. The molecular formula is C21H17F2N3O3. The van der Waals surface area contributed by atoms with E-state index in [4.69, 9.17) is 4.74 Å². The van der Waals surface area contributed by atoms with Crippen LogP contribution < -0.4 is 10.6 Å². The van der Waals surface area contributed by atoms with E-state index in [2.05, 4.69) is 15.6 Å².